The van der Waals surface area contributed by atoms with Crippen LogP contribution in [0.1, 0.15) is 67.8 Å². The third kappa shape index (κ3) is 5.55. The topological polar surface area (TPSA) is 49.4 Å². The van der Waals surface area contributed by atoms with E-state index >= 15 is 0 Å². The van der Waals surface area contributed by atoms with Crippen molar-refractivity contribution < 1.29 is 9.59 Å². The Balaban J connectivity index is 1.45. The van der Waals surface area contributed by atoms with Crippen molar-refractivity contribution >= 4 is 35.0 Å². The van der Waals surface area contributed by atoms with E-state index in [0.717, 1.165) is 48.9 Å². The van der Waals surface area contributed by atoms with Crippen LogP contribution in [0.5, 0.6) is 0 Å². The number of benzene rings is 2. The molecule has 1 saturated carbocycles. The van der Waals surface area contributed by atoms with Crippen LogP contribution in [-0.4, -0.2) is 35.8 Å². The number of halogens is 2. The molecule has 2 aliphatic rings. The van der Waals surface area contributed by atoms with Gasteiger partial charge in [-0.15, -0.1) is 0 Å². The van der Waals surface area contributed by atoms with Crippen LogP contribution in [0.4, 0.5) is 0 Å². The highest BCUT2D eigenvalue weighted by atomic mass is 35.5. The lowest BCUT2D eigenvalue weighted by Gasteiger charge is -2.31. The fourth-order valence-electron chi connectivity index (χ4n) is 5.07. The van der Waals surface area contributed by atoms with E-state index in [1.165, 1.54) is 19.3 Å². The Bertz CT molecular complexity index is 977. The first kappa shape index (κ1) is 24.1. The summed E-state index contributed by atoms with van der Waals surface area (Å²) in [5.41, 5.74) is 3.32. The van der Waals surface area contributed by atoms with Gasteiger partial charge in [-0.2, -0.15) is 0 Å². The summed E-state index contributed by atoms with van der Waals surface area (Å²) in [5.74, 6) is 0.141. The summed E-state index contributed by atoms with van der Waals surface area (Å²) in [6.45, 7) is 3.53. The molecule has 6 heteroatoms. The number of amides is 2. The molecule has 0 radical (unpaired) electrons. The molecule has 1 atom stereocenters. The number of hydrogen-bond donors (Lipinski definition) is 1. The maximum absolute atomic E-state index is 13.1. The van der Waals surface area contributed by atoms with Gasteiger partial charge in [-0.3, -0.25) is 9.59 Å². The Morgan fingerprint density at radius 1 is 1.00 bits per heavy atom. The van der Waals surface area contributed by atoms with Crippen molar-refractivity contribution in [3.05, 3.63) is 57.6 Å². The molecule has 1 heterocycles. The smallest absolute Gasteiger partial charge is 0.251 e. The van der Waals surface area contributed by atoms with Gasteiger partial charge in [0, 0.05) is 40.7 Å². The number of carbonyl (C=O) groups excluding carboxylic acids is 2. The predicted molar refractivity (Wildman–Crippen MR) is 135 cm³/mol. The molecule has 4 rings (SSSR count). The molecule has 176 valence electrons. The monoisotopic (exact) mass is 486 g/mol. The van der Waals surface area contributed by atoms with Gasteiger partial charge < -0.3 is 10.2 Å². The molecule has 2 amide bonds. The zero-order valence-corrected chi connectivity index (χ0v) is 20.7. The number of nitrogens with zero attached hydrogens (tertiary/aromatic N) is 1. The van der Waals surface area contributed by atoms with Gasteiger partial charge in [-0.05, 0) is 73.1 Å². The fourth-order valence-corrected chi connectivity index (χ4v) is 5.71. The molecule has 33 heavy (non-hydrogen) atoms. The number of rotatable bonds is 7. The minimum absolute atomic E-state index is 0.0475. The molecule has 0 spiro atoms. The van der Waals surface area contributed by atoms with Crippen LogP contribution in [0.15, 0.2) is 36.4 Å². The largest absolute Gasteiger partial charge is 0.352 e. The lowest BCUT2D eigenvalue weighted by atomic mass is 9.93. The van der Waals surface area contributed by atoms with Crippen molar-refractivity contribution in [2.24, 2.45) is 5.92 Å². The molecule has 4 nitrogen and oxygen atoms in total. The molecule has 1 aliphatic carbocycles. The highest BCUT2D eigenvalue weighted by molar-refractivity contribution is 6.36. The molecule has 2 aromatic carbocycles. The zero-order chi connectivity index (χ0) is 23.4. The molecular weight excluding hydrogens is 455 g/mol. The van der Waals surface area contributed by atoms with E-state index in [4.69, 9.17) is 23.2 Å². The normalized spacial score (nSPS) is 19.2. The van der Waals surface area contributed by atoms with Gasteiger partial charge in [0.25, 0.3) is 5.91 Å². The second-order valence-corrected chi connectivity index (χ2v) is 10.1. The number of likely N-dealkylation sites (tertiary alicyclic amines) is 1. The van der Waals surface area contributed by atoms with Crippen molar-refractivity contribution in [2.45, 2.75) is 64.3 Å². The Hall–Kier alpha value is -2.04. The molecule has 2 fully saturated rings. The van der Waals surface area contributed by atoms with Gasteiger partial charge in [0.2, 0.25) is 5.91 Å². The van der Waals surface area contributed by atoms with Crippen LogP contribution in [0.3, 0.4) is 0 Å². The fraction of sp³-hybridized carbons (Fsp3) is 0.481. The van der Waals surface area contributed by atoms with Gasteiger partial charge in [-0.1, -0.05) is 61.5 Å². The van der Waals surface area contributed by atoms with Crippen LogP contribution in [0, 0.1) is 5.92 Å². The first-order valence-electron chi connectivity index (χ1n) is 12.1. The summed E-state index contributed by atoms with van der Waals surface area (Å²) < 4.78 is 0. The van der Waals surface area contributed by atoms with Crippen LogP contribution >= 0.6 is 23.2 Å². The van der Waals surface area contributed by atoms with Gasteiger partial charge in [-0.25, -0.2) is 0 Å². The van der Waals surface area contributed by atoms with Crippen LogP contribution in [0.2, 0.25) is 10.0 Å². The first-order valence-corrected chi connectivity index (χ1v) is 12.9. The average molecular weight is 487 g/mol. The molecular formula is C27H32Cl2N2O2. The summed E-state index contributed by atoms with van der Waals surface area (Å²) >= 11 is 13.3. The Morgan fingerprint density at radius 2 is 1.67 bits per heavy atom. The third-order valence-electron chi connectivity index (χ3n) is 6.97. The molecule has 0 bridgehead atoms. The third-order valence-corrected chi connectivity index (χ3v) is 7.65. The molecule has 1 aliphatic heterocycles. The first-order chi connectivity index (χ1) is 16.0. The lowest BCUT2D eigenvalue weighted by Crippen LogP contribution is -2.39. The van der Waals surface area contributed by atoms with Crippen molar-refractivity contribution in [3.63, 3.8) is 0 Å². The lowest BCUT2D eigenvalue weighted by molar-refractivity contribution is -0.133. The van der Waals surface area contributed by atoms with E-state index in [2.05, 4.69) is 10.2 Å². The van der Waals surface area contributed by atoms with Gasteiger partial charge in [0.15, 0.2) is 0 Å². The highest BCUT2D eigenvalue weighted by Gasteiger charge is 2.36. The average Bonchev–Trinajstić information content (AvgIpc) is 3.20. The van der Waals surface area contributed by atoms with E-state index in [1.54, 1.807) is 0 Å². The maximum Gasteiger partial charge on any atom is 0.251 e. The zero-order valence-electron chi connectivity index (χ0n) is 19.2. The second-order valence-electron chi connectivity index (χ2n) is 9.26. The van der Waals surface area contributed by atoms with Crippen molar-refractivity contribution in [3.8, 4) is 11.1 Å². The summed E-state index contributed by atoms with van der Waals surface area (Å²) in [6, 6.07) is 11.7. The highest BCUT2D eigenvalue weighted by Crippen LogP contribution is 2.36. The van der Waals surface area contributed by atoms with E-state index in [9.17, 15) is 9.59 Å². The van der Waals surface area contributed by atoms with Gasteiger partial charge in [0.1, 0.15) is 0 Å². The standard InChI is InChI=1S/C27H32Cl2N2O2/c1-2-13-30-26(32)19-10-8-18(9-11-19)21-16-24(28)23(25(29)17-21)15-20-12-14-31(27(20)33)22-6-4-3-5-7-22/h8-11,16-17,20,22H,2-7,12-15H2,1H3,(H,30,32). The summed E-state index contributed by atoms with van der Waals surface area (Å²) in [4.78, 5) is 27.3. The summed E-state index contributed by atoms with van der Waals surface area (Å²) in [6.07, 6.45) is 8.35. The Labute approximate surface area is 206 Å². The van der Waals surface area contributed by atoms with E-state index in [-0.39, 0.29) is 17.7 Å². The van der Waals surface area contributed by atoms with E-state index < -0.39 is 0 Å². The minimum Gasteiger partial charge on any atom is -0.352 e. The van der Waals surface area contributed by atoms with Gasteiger partial charge in [0.05, 0.1) is 0 Å². The van der Waals surface area contributed by atoms with E-state index in [1.807, 2.05) is 43.3 Å². The number of hydrogen-bond acceptors (Lipinski definition) is 2. The Kier molecular flexibility index (Phi) is 7.98. The molecule has 1 saturated heterocycles. The van der Waals surface area contributed by atoms with Crippen LogP contribution < -0.4 is 5.32 Å². The maximum atomic E-state index is 13.1. The molecule has 1 N–H and O–H groups in total. The Morgan fingerprint density at radius 3 is 2.30 bits per heavy atom. The number of nitrogens with one attached hydrogen (secondary N) is 1. The van der Waals surface area contributed by atoms with Crippen LogP contribution in [-0.2, 0) is 11.2 Å². The van der Waals surface area contributed by atoms with Crippen molar-refractivity contribution in [2.75, 3.05) is 13.1 Å². The van der Waals surface area contributed by atoms with Crippen molar-refractivity contribution in [1.82, 2.24) is 10.2 Å². The molecule has 0 aromatic heterocycles. The SMILES string of the molecule is CCCNC(=O)c1ccc(-c2cc(Cl)c(CC3CCN(C4CCCCC4)C3=O)c(Cl)c2)cc1. The van der Waals surface area contributed by atoms with E-state index in [0.29, 0.717) is 34.6 Å². The van der Waals surface area contributed by atoms with Crippen molar-refractivity contribution in [1.29, 1.82) is 0 Å². The summed E-state index contributed by atoms with van der Waals surface area (Å²) in [7, 11) is 0. The molecule has 1 unspecified atom stereocenters. The predicted octanol–water partition coefficient (Wildman–Crippen LogP) is 6.52. The quantitative estimate of drug-likeness (QED) is 0.483. The number of carbonyl (C=O) groups is 2. The minimum atomic E-state index is -0.0710. The second kappa shape index (κ2) is 10.9. The van der Waals surface area contributed by atoms with Gasteiger partial charge >= 0.3 is 0 Å². The summed E-state index contributed by atoms with van der Waals surface area (Å²) in [5, 5.41) is 4.06. The van der Waals surface area contributed by atoms with Crippen LogP contribution in [0.25, 0.3) is 11.1 Å². The molecule has 2 aromatic rings.